The summed E-state index contributed by atoms with van der Waals surface area (Å²) in [7, 11) is 1.63. The van der Waals surface area contributed by atoms with Crippen LogP contribution >= 0.6 is 23.4 Å². The molecule has 1 aromatic heterocycles. The van der Waals surface area contributed by atoms with Crippen molar-refractivity contribution in [3.8, 4) is 17.2 Å². The predicted molar refractivity (Wildman–Crippen MR) is 120 cm³/mol. The molecule has 3 aromatic rings. The zero-order chi connectivity index (χ0) is 21.3. The largest absolute Gasteiger partial charge is 0.493 e. The Bertz CT molecular complexity index is 1080. The molecule has 0 saturated heterocycles. The molecule has 2 aromatic carbocycles. The highest BCUT2D eigenvalue weighted by Crippen LogP contribution is 2.45. The Balaban J connectivity index is 1.83. The third-order valence-corrected chi connectivity index (χ3v) is 6.39. The Labute approximate surface area is 184 Å². The van der Waals surface area contributed by atoms with Crippen LogP contribution in [0.25, 0.3) is 5.69 Å². The first-order valence-electron chi connectivity index (χ1n) is 9.59. The number of nitrogens with one attached hydrogen (secondary N) is 1. The van der Waals surface area contributed by atoms with Crippen molar-refractivity contribution in [2.45, 2.75) is 19.1 Å². The van der Waals surface area contributed by atoms with Crippen LogP contribution < -0.4 is 14.8 Å². The van der Waals surface area contributed by atoms with Gasteiger partial charge in [-0.3, -0.25) is 4.79 Å². The van der Waals surface area contributed by atoms with Gasteiger partial charge < -0.3 is 14.8 Å². The maximum Gasteiger partial charge on any atom is 0.235 e. The fourth-order valence-corrected chi connectivity index (χ4v) is 4.84. The number of carbonyl (C=O) groups is 1. The number of carbonyl (C=O) groups excluding carboxylic acids is 1. The number of benzene rings is 2. The van der Waals surface area contributed by atoms with Crippen LogP contribution in [0, 0.1) is 6.92 Å². The highest BCUT2D eigenvalue weighted by Gasteiger charge is 2.31. The van der Waals surface area contributed by atoms with Gasteiger partial charge in [0.15, 0.2) is 11.5 Å². The molecular weight excluding hydrogens is 422 g/mol. The first-order valence-corrected chi connectivity index (χ1v) is 11.0. The Morgan fingerprint density at radius 1 is 1.23 bits per heavy atom. The SMILES string of the molecule is CCOc1ccc([C@@H]2SCC(=O)Nc3c2c(C)nn3-c2ccc(Cl)cc2)cc1OC. The van der Waals surface area contributed by atoms with Gasteiger partial charge in [-0.15, -0.1) is 11.8 Å². The Morgan fingerprint density at radius 3 is 2.70 bits per heavy atom. The fraction of sp³-hybridized carbons (Fsp3) is 0.273. The van der Waals surface area contributed by atoms with E-state index in [-0.39, 0.29) is 11.2 Å². The summed E-state index contributed by atoms with van der Waals surface area (Å²) in [5, 5.41) is 8.33. The molecule has 6 nitrogen and oxygen atoms in total. The van der Waals surface area contributed by atoms with Crippen molar-refractivity contribution in [2.75, 3.05) is 24.8 Å². The van der Waals surface area contributed by atoms with Crippen LogP contribution in [-0.2, 0) is 4.79 Å². The van der Waals surface area contributed by atoms with E-state index in [2.05, 4.69) is 5.32 Å². The summed E-state index contributed by atoms with van der Waals surface area (Å²) in [6.45, 7) is 4.46. The lowest BCUT2D eigenvalue weighted by Gasteiger charge is -2.18. The van der Waals surface area contributed by atoms with Gasteiger partial charge in [-0.25, -0.2) is 4.68 Å². The quantitative estimate of drug-likeness (QED) is 0.600. The van der Waals surface area contributed by atoms with E-state index in [9.17, 15) is 4.79 Å². The number of thioether (sulfide) groups is 1. The van der Waals surface area contributed by atoms with Crippen molar-refractivity contribution in [1.29, 1.82) is 0 Å². The van der Waals surface area contributed by atoms with Crippen LogP contribution in [0.2, 0.25) is 5.02 Å². The van der Waals surface area contributed by atoms with E-state index in [0.717, 1.165) is 22.5 Å². The summed E-state index contributed by atoms with van der Waals surface area (Å²) < 4.78 is 13.0. The number of ether oxygens (including phenoxy) is 2. The van der Waals surface area contributed by atoms with Crippen LogP contribution in [0.4, 0.5) is 5.82 Å². The molecule has 1 atom stereocenters. The first kappa shape index (κ1) is 20.6. The number of methoxy groups -OCH3 is 1. The van der Waals surface area contributed by atoms with Crippen molar-refractivity contribution < 1.29 is 14.3 Å². The lowest BCUT2D eigenvalue weighted by molar-refractivity contribution is -0.113. The zero-order valence-corrected chi connectivity index (χ0v) is 18.5. The van der Waals surface area contributed by atoms with Gasteiger partial charge in [0.25, 0.3) is 0 Å². The van der Waals surface area contributed by atoms with Gasteiger partial charge in [-0.05, 0) is 55.8 Å². The number of rotatable bonds is 5. The maximum atomic E-state index is 12.5. The molecule has 0 aliphatic carbocycles. The van der Waals surface area contributed by atoms with E-state index >= 15 is 0 Å². The van der Waals surface area contributed by atoms with Gasteiger partial charge in [0.05, 0.1) is 36.1 Å². The van der Waals surface area contributed by atoms with Gasteiger partial charge in [0, 0.05) is 10.6 Å². The number of nitrogens with zero attached hydrogens (tertiary/aromatic N) is 2. The van der Waals surface area contributed by atoms with E-state index in [1.54, 1.807) is 23.6 Å². The van der Waals surface area contributed by atoms with Gasteiger partial charge >= 0.3 is 0 Å². The molecule has 1 N–H and O–H groups in total. The number of hydrogen-bond acceptors (Lipinski definition) is 5. The topological polar surface area (TPSA) is 65.4 Å². The first-order chi connectivity index (χ1) is 14.5. The van der Waals surface area contributed by atoms with Crippen molar-refractivity contribution >= 4 is 35.1 Å². The number of halogens is 1. The number of fused-ring (bicyclic) bond motifs is 1. The number of amides is 1. The average Bonchev–Trinajstić information content (AvgIpc) is 2.94. The lowest BCUT2D eigenvalue weighted by atomic mass is 10.0. The molecule has 156 valence electrons. The monoisotopic (exact) mass is 443 g/mol. The standard InChI is InChI=1S/C22H22ClN3O3S/c1-4-29-17-10-5-14(11-18(17)28-3)21-20-13(2)25-26(16-8-6-15(23)7-9-16)22(20)24-19(27)12-30-21/h5-11,21H,4,12H2,1-3H3,(H,24,27)/t21-/m0/s1. The third kappa shape index (κ3) is 3.87. The molecule has 0 saturated carbocycles. The molecule has 0 fully saturated rings. The summed E-state index contributed by atoms with van der Waals surface area (Å²) in [6, 6.07) is 13.3. The number of aryl methyl sites for hydroxylation is 1. The molecule has 0 spiro atoms. The smallest absolute Gasteiger partial charge is 0.235 e. The number of aromatic nitrogens is 2. The van der Waals surface area contributed by atoms with Gasteiger partial charge in [0.2, 0.25) is 5.91 Å². The molecule has 0 radical (unpaired) electrons. The van der Waals surface area contributed by atoms with E-state index in [1.807, 2.05) is 56.3 Å². The number of anilines is 1. The third-order valence-electron chi connectivity index (χ3n) is 4.87. The van der Waals surface area contributed by atoms with Gasteiger partial charge in [0.1, 0.15) is 5.82 Å². The fourth-order valence-electron chi connectivity index (χ4n) is 3.54. The van der Waals surface area contributed by atoms with Crippen LogP contribution in [0.3, 0.4) is 0 Å². The maximum absolute atomic E-state index is 12.5. The Kier molecular flexibility index (Phi) is 5.92. The van der Waals surface area contributed by atoms with Crippen molar-refractivity contribution in [1.82, 2.24) is 9.78 Å². The summed E-state index contributed by atoms with van der Waals surface area (Å²) in [5.41, 5.74) is 3.69. The average molecular weight is 444 g/mol. The van der Waals surface area contributed by atoms with Gasteiger partial charge in [-0.1, -0.05) is 17.7 Å². The molecule has 1 amide bonds. The molecule has 0 bridgehead atoms. The van der Waals surface area contributed by atoms with Gasteiger partial charge in [-0.2, -0.15) is 5.10 Å². The molecule has 8 heteroatoms. The molecule has 30 heavy (non-hydrogen) atoms. The Morgan fingerprint density at radius 2 is 2.00 bits per heavy atom. The second-order valence-corrected chi connectivity index (χ2v) is 8.35. The molecule has 4 rings (SSSR count). The predicted octanol–water partition coefficient (Wildman–Crippen LogP) is 5.02. The minimum Gasteiger partial charge on any atom is -0.493 e. The van der Waals surface area contributed by atoms with Crippen LogP contribution in [0.5, 0.6) is 11.5 Å². The summed E-state index contributed by atoms with van der Waals surface area (Å²) >= 11 is 7.61. The molecule has 2 heterocycles. The second kappa shape index (κ2) is 8.62. The van der Waals surface area contributed by atoms with Crippen LogP contribution in [-0.4, -0.2) is 35.2 Å². The van der Waals surface area contributed by atoms with E-state index in [0.29, 0.717) is 34.7 Å². The van der Waals surface area contributed by atoms with Crippen LogP contribution in [0.1, 0.15) is 29.0 Å². The van der Waals surface area contributed by atoms with Crippen LogP contribution in [0.15, 0.2) is 42.5 Å². The highest BCUT2D eigenvalue weighted by atomic mass is 35.5. The summed E-state index contributed by atoms with van der Waals surface area (Å²) in [5.74, 6) is 2.34. The normalized spacial score (nSPS) is 15.9. The van der Waals surface area contributed by atoms with Crippen molar-refractivity contribution in [2.24, 2.45) is 0 Å². The van der Waals surface area contributed by atoms with Crippen molar-refractivity contribution in [3.63, 3.8) is 0 Å². The summed E-state index contributed by atoms with van der Waals surface area (Å²) in [4.78, 5) is 12.5. The second-order valence-electron chi connectivity index (χ2n) is 6.82. The minimum atomic E-state index is -0.0791. The zero-order valence-electron chi connectivity index (χ0n) is 16.9. The lowest BCUT2D eigenvalue weighted by Crippen LogP contribution is -2.15. The Hall–Kier alpha value is -2.64. The van der Waals surface area contributed by atoms with E-state index < -0.39 is 0 Å². The highest BCUT2D eigenvalue weighted by molar-refractivity contribution is 8.00. The molecule has 1 aliphatic rings. The number of hydrogen-bond donors (Lipinski definition) is 1. The van der Waals surface area contributed by atoms with Crippen molar-refractivity contribution in [3.05, 3.63) is 64.3 Å². The minimum absolute atomic E-state index is 0.0586. The molecule has 1 aliphatic heterocycles. The van der Waals surface area contributed by atoms with E-state index in [4.69, 9.17) is 26.2 Å². The summed E-state index contributed by atoms with van der Waals surface area (Å²) in [6.07, 6.45) is 0. The van der Waals surface area contributed by atoms with E-state index in [1.165, 1.54) is 0 Å². The molecular formula is C22H22ClN3O3S. The molecule has 0 unspecified atom stereocenters.